The van der Waals surface area contributed by atoms with Crippen LogP contribution in [0.15, 0.2) is 16.6 Å². The van der Waals surface area contributed by atoms with Crippen molar-refractivity contribution in [2.75, 3.05) is 0 Å². The molecule has 0 radical (unpaired) electrons. The van der Waals surface area contributed by atoms with E-state index in [1.807, 2.05) is 0 Å². The van der Waals surface area contributed by atoms with E-state index in [0.29, 0.717) is 12.3 Å². The highest BCUT2D eigenvalue weighted by Gasteiger charge is 2.21. The van der Waals surface area contributed by atoms with Crippen LogP contribution in [0.3, 0.4) is 0 Å². The molecule has 19 heavy (non-hydrogen) atoms. The first-order valence-electron chi connectivity index (χ1n) is 6.98. The Bertz CT molecular complexity index is 430. The standard InChI is InChI=1S/C15H20BrF2N/c16-11-7-8-12(17)14(15(11)18)13(19)9-6-10-4-2-1-3-5-10/h7-8,10,13H,1-6,9,19H2. The minimum Gasteiger partial charge on any atom is -0.324 e. The summed E-state index contributed by atoms with van der Waals surface area (Å²) in [7, 11) is 0. The third-order valence-electron chi connectivity index (χ3n) is 4.06. The largest absolute Gasteiger partial charge is 0.324 e. The molecule has 0 bridgehead atoms. The topological polar surface area (TPSA) is 26.0 Å². The van der Waals surface area contributed by atoms with Crippen LogP contribution in [0.2, 0.25) is 0 Å². The highest BCUT2D eigenvalue weighted by atomic mass is 79.9. The first kappa shape index (κ1) is 14.9. The van der Waals surface area contributed by atoms with E-state index >= 15 is 0 Å². The number of hydrogen-bond acceptors (Lipinski definition) is 1. The van der Waals surface area contributed by atoms with E-state index in [9.17, 15) is 8.78 Å². The van der Waals surface area contributed by atoms with Crippen LogP contribution in [-0.4, -0.2) is 0 Å². The van der Waals surface area contributed by atoms with Crippen LogP contribution in [0.1, 0.15) is 56.6 Å². The van der Waals surface area contributed by atoms with Crippen molar-refractivity contribution in [1.82, 2.24) is 0 Å². The molecule has 0 aromatic heterocycles. The smallest absolute Gasteiger partial charge is 0.145 e. The monoisotopic (exact) mass is 331 g/mol. The summed E-state index contributed by atoms with van der Waals surface area (Å²) in [6, 6.07) is 2.09. The molecule has 0 aliphatic heterocycles. The van der Waals surface area contributed by atoms with Gasteiger partial charge in [0.05, 0.1) is 4.47 Å². The Morgan fingerprint density at radius 2 is 1.89 bits per heavy atom. The molecule has 2 N–H and O–H groups in total. The number of rotatable bonds is 4. The average molecular weight is 332 g/mol. The first-order valence-corrected chi connectivity index (χ1v) is 7.78. The quantitative estimate of drug-likeness (QED) is 0.764. The predicted octanol–water partition coefficient (Wildman–Crippen LogP) is 5.09. The third-order valence-corrected chi connectivity index (χ3v) is 4.67. The van der Waals surface area contributed by atoms with Gasteiger partial charge in [-0.1, -0.05) is 32.1 Å². The summed E-state index contributed by atoms with van der Waals surface area (Å²) < 4.78 is 27.9. The lowest BCUT2D eigenvalue weighted by Crippen LogP contribution is -2.17. The van der Waals surface area contributed by atoms with Crippen molar-refractivity contribution in [3.8, 4) is 0 Å². The number of benzene rings is 1. The Morgan fingerprint density at radius 3 is 2.58 bits per heavy atom. The van der Waals surface area contributed by atoms with Gasteiger partial charge in [0.2, 0.25) is 0 Å². The Balaban J connectivity index is 1.99. The molecule has 2 rings (SSSR count). The zero-order valence-corrected chi connectivity index (χ0v) is 12.6. The van der Waals surface area contributed by atoms with E-state index in [2.05, 4.69) is 15.9 Å². The summed E-state index contributed by atoms with van der Waals surface area (Å²) in [6.07, 6.45) is 7.95. The van der Waals surface area contributed by atoms with Crippen molar-refractivity contribution in [3.63, 3.8) is 0 Å². The fraction of sp³-hybridized carbons (Fsp3) is 0.600. The Labute approximate surface area is 121 Å². The second-order valence-corrected chi connectivity index (χ2v) is 6.30. The van der Waals surface area contributed by atoms with Crippen molar-refractivity contribution in [1.29, 1.82) is 0 Å². The van der Waals surface area contributed by atoms with Gasteiger partial charge in [0, 0.05) is 11.6 Å². The van der Waals surface area contributed by atoms with Crippen LogP contribution in [0, 0.1) is 17.6 Å². The van der Waals surface area contributed by atoms with Crippen LogP contribution in [0.25, 0.3) is 0 Å². The van der Waals surface area contributed by atoms with Crippen LogP contribution >= 0.6 is 15.9 Å². The number of hydrogen-bond donors (Lipinski definition) is 1. The molecule has 1 nitrogen and oxygen atoms in total. The van der Waals surface area contributed by atoms with E-state index in [1.165, 1.54) is 44.2 Å². The molecule has 0 spiro atoms. The molecule has 0 amide bonds. The highest BCUT2D eigenvalue weighted by Crippen LogP contribution is 2.32. The fourth-order valence-electron chi connectivity index (χ4n) is 2.92. The van der Waals surface area contributed by atoms with Gasteiger partial charge < -0.3 is 5.73 Å². The van der Waals surface area contributed by atoms with Crippen molar-refractivity contribution < 1.29 is 8.78 Å². The Morgan fingerprint density at radius 1 is 1.21 bits per heavy atom. The molecule has 1 atom stereocenters. The fourth-order valence-corrected chi connectivity index (χ4v) is 3.26. The molecular formula is C15H20BrF2N. The molecule has 1 aliphatic carbocycles. The van der Waals surface area contributed by atoms with E-state index in [1.54, 1.807) is 0 Å². The predicted molar refractivity (Wildman–Crippen MR) is 76.8 cm³/mol. The summed E-state index contributed by atoms with van der Waals surface area (Å²) in [4.78, 5) is 0. The molecule has 0 heterocycles. The second-order valence-electron chi connectivity index (χ2n) is 5.44. The molecule has 1 fully saturated rings. The van der Waals surface area contributed by atoms with Gasteiger partial charge in [0.1, 0.15) is 11.6 Å². The summed E-state index contributed by atoms with van der Waals surface area (Å²) in [6.45, 7) is 0. The summed E-state index contributed by atoms with van der Waals surface area (Å²) >= 11 is 3.08. The maximum absolute atomic E-state index is 13.9. The van der Waals surface area contributed by atoms with Gasteiger partial charge in [-0.3, -0.25) is 0 Å². The van der Waals surface area contributed by atoms with Gasteiger partial charge >= 0.3 is 0 Å². The van der Waals surface area contributed by atoms with Gasteiger partial charge in [-0.2, -0.15) is 0 Å². The lowest BCUT2D eigenvalue weighted by atomic mass is 9.84. The second kappa shape index (κ2) is 6.80. The van der Waals surface area contributed by atoms with Crippen LogP contribution in [0.5, 0.6) is 0 Å². The summed E-state index contributed by atoms with van der Waals surface area (Å²) in [5, 5.41) is 0. The van der Waals surface area contributed by atoms with Gasteiger partial charge in [-0.15, -0.1) is 0 Å². The van der Waals surface area contributed by atoms with Gasteiger partial charge in [-0.05, 0) is 46.8 Å². The Hall–Kier alpha value is -0.480. The van der Waals surface area contributed by atoms with Gasteiger partial charge in [0.15, 0.2) is 0 Å². The van der Waals surface area contributed by atoms with Crippen LogP contribution < -0.4 is 5.73 Å². The van der Waals surface area contributed by atoms with E-state index in [4.69, 9.17) is 5.73 Å². The molecule has 1 aliphatic rings. The molecule has 0 saturated heterocycles. The number of nitrogens with two attached hydrogens (primary N) is 1. The summed E-state index contributed by atoms with van der Waals surface area (Å²) in [5.74, 6) is -0.425. The molecule has 1 saturated carbocycles. The van der Waals surface area contributed by atoms with Crippen molar-refractivity contribution >= 4 is 15.9 Å². The van der Waals surface area contributed by atoms with Gasteiger partial charge in [-0.25, -0.2) is 8.78 Å². The lowest BCUT2D eigenvalue weighted by molar-refractivity contribution is 0.321. The van der Waals surface area contributed by atoms with E-state index in [0.717, 1.165) is 6.42 Å². The molecule has 1 unspecified atom stereocenters. The Kier molecular flexibility index (Phi) is 5.34. The van der Waals surface area contributed by atoms with Crippen molar-refractivity contribution in [3.05, 3.63) is 33.8 Å². The molecule has 1 aromatic carbocycles. The minimum absolute atomic E-state index is 0.0187. The maximum atomic E-state index is 13.9. The molecule has 4 heteroatoms. The van der Waals surface area contributed by atoms with Crippen molar-refractivity contribution in [2.45, 2.75) is 51.0 Å². The SMILES string of the molecule is NC(CCC1CCCCC1)c1c(F)ccc(Br)c1F. The molecule has 1 aromatic rings. The number of halogens is 3. The van der Waals surface area contributed by atoms with Gasteiger partial charge in [0.25, 0.3) is 0 Å². The zero-order valence-electron chi connectivity index (χ0n) is 11.0. The molecule has 106 valence electrons. The maximum Gasteiger partial charge on any atom is 0.145 e. The normalized spacial score (nSPS) is 18.5. The minimum atomic E-state index is -0.559. The third kappa shape index (κ3) is 3.76. The van der Waals surface area contributed by atoms with Crippen LogP contribution in [-0.2, 0) is 0 Å². The van der Waals surface area contributed by atoms with Crippen molar-refractivity contribution in [2.24, 2.45) is 11.7 Å². The first-order chi connectivity index (χ1) is 9.09. The zero-order chi connectivity index (χ0) is 13.8. The van der Waals surface area contributed by atoms with E-state index in [-0.39, 0.29) is 10.0 Å². The lowest BCUT2D eigenvalue weighted by Gasteiger charge is -2.23. The molecular weight excluding hydrogens is 312 g/mol. The van der Waals surface area contributed by atoms with E-state index < -0.39 is 17.7 Å². The van der Waals surface area contributed by atoms with Crippen LogP contribution in [0.4, 0.5) is 8.78 Å². The summed E-state index contributed by atoms with van der Waals surface area (Å²) in [5.41, 5.74) is 6.00. The average Bonchev–Trinajstić information content (AvgIpc) is 2.42. The highest BCUT2D eigenvalue weighted by molar-refractivity contribution is 9.10.